The second-order valence-electron chi connectivity index (χ2n) is 6.58. The molecular weight excluding hydrogens is 379 g/mol. The number of nitrogens with one attached hydrogen (secondary N) is 1. The molecule has 0 aliphatic carbocycles. The van der Waals surface area contributed by atoms with Gasteiger partial charge in [-0.2, -0.15) is 0 Å². The van der Waals surface area contributed by atoms with Crippen molar-refractivity contribution >= 4 is 36.6 Å². The third-order valence-electron chi connectivity index (χ3n) is 5.36. The first-order chi connectivity index (χ1) is 11.6. The molecule has 0 aromatic heterocycles. The highest BCUT2D eigenvalue weighted by Crippen LogP contribution is 2.25. The van der Waals surface area contributed by atoms with E-state index in [0.717, 1.165) is 26.2 Å². The molecule has 0 saturated carbocycles. The van der Waals surface area contributed by atoms with Gasteiger partial charge in [0.05, 0.1) is 6.54 Å². The zero-order valence-electron chi connectivity index (χ0n) is 16.2. The lowest BCUT2D eigenvalue weighted by molar-refractivity contribution is -0.161. The van der Waals surface area contributed by atoms with E-state index in [1.165, 1.54) is 0 Å². The normalized spacial score (nSPS) is 19.5. The van der Waals surface area contributed by atoms with E-state index in [4.69, 9.17) is 4.74 Å². The number of hydrogen-bond acceptors (Lipinski definition) is 5. The SMILES string of the molecule is CCN(CC)CC(=O)N1CCN(C(=O)C2(OC)CCNCC2)CC1.Cl.Cl. The highest BCUT2D eigenvalue weighted by atomic mass is 35.5. The van der Waals surface area contributed by atoms with Gasteiger partial charge < -0.3 is 19.9 Å². The number of likely N-dealkylation sites (N-methyl/N-ethyl adjacent to an activating group) is 1. The van der Waals surface area contributed by atoms with E-state index in [-0.39, 0.29) is 36.6 Å². The highest BCUT2D eigenvalue weighted by Gasteiger charge is 2.43. The third-order valence-corrected chi connectivity index (χ3v) is 5.36. The molecular formula is C17H34Cl2N4O3. The van der Waals surface area contributed by atoms with Gasteiger partial charge in [-0.05, 0) is 39.0 Å². The average molecular weight is 413 g/mol. The van der Waals surface area contributed by atoms with Gasteiger partial charge in [0.2, 0.25) is 5.91 Å². The summed E-state index contributed by atoms with van der Waals surface area (Å²) in [4.78, 5) is 31.2. The monoisotopic (exact) mass is 412 g/mol. The first kappa shape index (κ1) is 25.4. The van der Waals surface area contributed by atoms with E-state index in [2.05, 4.69) is 24.1 Å². The number of ether oxygens (including phenoxy) is 1. The molecule has 26 heavy (non-hydrogen) atoms. The Morgan fingerprint density at radius 1 is 1.00 bits per heavy atom. The number of halogens is 2. The Labute approximate surface area is 169 Å². The van der Waals surface area contributed by atoms with E-state index < -0.39 is 5.60 Å². The molecule has 0 aromatic carbocycles. The van der Waals surface area contributed by atoms with E-state index in [1.807, 2.05) is 9.80 Å². The van der Waals surface area contributed by atoms with Crippen LogP contribution in [0.1, 0.15) is 26.7 Å². The molecule has 2 fully saturated rings. The maximum Gasteiger partial charge on any atom is 0.255 e. The molecule has 2 amide bonds. The van der Waals surface area contributed by atoms with Gasteiger partial charge in [0.15, 0.2) is 0 Å². The van der Waals surface area contributed by atoms with Crippen LogP contribution in [0.5, 0.6) is 0 Å². The molecule has 7 nitrogen and oxygen atoms in total. The Kier molecular flexibility index (Phi) is 11.7. The van der Waals surface area contributed by atoms with Gasteiger partial charge in [0.1, 0.15) is 5.60 Å². The predicted molar refractivity (Wildman–Crippen MR) is 107 cm³/mol. The number of piperazine rings is 1. The van der Waals surface area contributed by atoms with Crippen LogP contribution in [0.2, 0.25) is 0 Å². The van der Waals surface area contributed by atoms with Gasteiger partial charge in [-0.1, -0.05) is 13.8 Å². The van der Waals surface area contributed by atoms with Crippen LogP contribution in [0.15, 0.2) is 0 Å². The number of piperidine rings is 1. The Hall–Kier alpha value is -0.600. The number of hydrogen-bond donors (Lipinski definition) is 1. The minimum absolute atomic E-state index is 0. The van der Waals surface area contributed by atoms with Gasteiger partial charge in [0, 0.05) is 33.3 Å². The molecule has 0 bridgehead atoms. The minimum atomic E-state index is -0.682. The summed E-state index contributed by atoms with van der Waals surface area (Å²) < 4.78 is 5.63. The van der Waals surface area contributed by atoms with E-state index in [1.54, 1.807) is 7.11 Å². The summed E-state index contributed by atoms with van der Waals surface area (Å²) in [5, 5.41) is 3.27. The lowest BCUT2D eigenvalue weighted by atomic mass is 9.90. The van der Waals surface area contributed by atoms with Crippen LogP contribution in [-0.4, -0.2) is 98.1 Å². The Morgan fingerprint density at radius 2 is 1.50 bits per heavy atom. The van der Waals surface area contributed by atoms with Crippen molar-refractivity contribution in [1.82, 2.24) is 20.0 Å². The van der Waals surface area contributed by atoms with Crippen LogP contribution in [0.25, 0.3) is 0 Å². The van der Waals surface area contributed by atoms with Crippen molar-refractivity contribution in [3.05, 3.63) is 0 Å². The van der Waals surface area contributed by atoms with Crippen LogP contribution < -0.4 is 5.32 Å². The summed E-state index contributed by atoms with van der Waals surface area (Å²) >= 11 is 0. The van der Waals surface area contributed by atoms with Crippen LogP contribution in [0.4, 0.5) is 0 Å². The quantitative estimate of drug-likeness (QED) is 0.692. The lowest BCUT2D eigenvalue weighted by Gasteiger charge is -2.42. The van der Waals surface area contributed by atoms with Crippen molar-refractivity contribution in [3.63, 3.8) is 0 Å². The van der Waals surface area contributed by atoms with Gasteiger partial charge in [-0.15, -0.1) is 24.8 Å². The minimum Gasteiger partial charge on any atom is -0.368 e. The smallest absolute Gasteiger partial charge is 0.255 e. The van der Waals surface area contributed by atoms with Gasteiger partial charge in [-0.3, -0.25) is 14.5 Å². The summed E-state index contributed by atoms with van der Waals surface area (Å²) in [6.45, 7) is 10.4. The largest absolute Gasteiger partial charge is 0.368 e. The molecule has 0 unspecified atom stereocenters. The second kappa shape index (κ2) is 12.0. The number of amides is 2. The predicted octanol–water partition coefficient (Wildman–Crippen LogP) is 0.611. The van der Waals surface area contributed by atoms with Crippen LogP contribution in [0, 0.1) is 0 Å². The van der Waals surface area contributed by atoms with Crippen molar-refractivity contribution in [1.29, 1.82) is 0 Å². The molecule has 2 rings (SSSR count). The number of rotatable bonds is 6. The molecule has 0 aromatic rings. The molecule has 0 spiro atoms. The zero-order chi connectivity index (χ0) is 17.6. The summed E-state index contributed by atoms with van der Waals surface area (Å²) in [5.74, 6) is 0.247. The van der Waals surface area contributed by atoms with Crippen molar-refractivity contribution in [2.24, 2.45) is 0 Å². The molecule has 2 aliphatic heterocycles. The second-order valence-corrected chi connectivity index (χ2v) is 6.58. The van der Waals surface area contributed by atoms with Gasteiger partial charge >= 0.3 is 0 Å². The molecule has 154 valence electrons. The fourth-order valence-electron chi connectivity index (χ4n) is 3.52. The molecule has 0 radical (unpaired) electrons. The van der Waals surface area contributed by atoms with E-state index >= 15 is 0 Å². The van der Waals surface area contributed by atoms with E-state index in [0.29, 0.717) is 45.6 Å². The molecule has 9 heteroatoms. The van der Waals surface area contributed by atoms with Crippen molar-refractivity contribution in [2.75, 3.05) is 66.0 Å². The van der Waals surface area contributed by atoms with E-state index in [9.17, 15) is 9.59 Å². The van der Waals surface area contributed by atoms with Crippen molar-refractivity contribution < 1.29 is 14.3 Å². The van der Waals surface area contributed by atoms with Crippen molar-refractivity contribution in [3.8, 4) is 0 Å². The standard InChI is InChI=1S/C17H32N4O3.2ClH/c1-4-19(5-2)14-15(22)20-10-12-21(13-11-20)16(23)17(24-3)6-8-18-9-7-17;;/h18H,4-14H2,1-3H3;2*1H. The first-order valence-electron chi connectivity index (χ1n) is 9.11. The number of methoxy groups -OCH3 is 1. The maximum absolute atomic E-state index is 12.9. The lowest BCUT2D eigenvalue weighted by Crippen LogP contribution is -2.60. The number of carbonyl (C=O) groups is 2. The molecule has 1 N–H and O–H groups in total. The third kappa shape index (κ3) is 5.96. The van der Waals surface area contributed by atoms with Crippen LogP contribution in [-0.2, 0) is 14.3 Å². The maximum atomic E-state index is 12.9. The van der Waals surface area contributed by atoms with Crippen LogP contribution >= 0.6 is 24.8 Å². The highest BCUT2D eigenvalue weighted by molar-refractivity contribution is 5.86. The topological polar surface area (TPSA) is 65.1 Å². The Bertz CT molecular complexity index is 436. The first-order valence-corrected chi connectivity index (χ1v) is 9.11. The fraction of sp³-hybridized carbons (Fsp3) is 0.882. The summed E-state index contributed by atoms with van der Waals surface area (Å²) in [6, 6.07) is 0. The Balaban J connectivity index is 0.00000312. The Morgan fingerprint density at radius 3 is 1.96 bits per heavy atom. The average Bonchev–Trinajstić information content (AvgIpc) is 2.65. The van der Waals surface area contributed by atoms with Gasteiger partial charge in [-0.25, -0.2) is 0 Å². The van der Waals surface area contributed by atoms with Crippen LogP contribution in [0.3, 0.4) is 0 Å². The number of carbonyl (C=O) groups excluding carboxylic acids is 2. The molecule has 2 heterocycles. The van der Waals surface area contributed by atoms with Gasteiger partial charge in [0.25, 0.3) is 5.91 Å². The molecule has 2 saturated heterocycles. The summed E-state index contributed by atoms with van der Waals surface area (Å²) in [5.41, 5.74) is -0.682. The summed E-state index contributed by atoms with van der Waals surface area (Å²) in [7, 11) is 1.63. The summed E-state index contributed by atoms with van der Waals surface area (Å²) in [6.07, 6.45) is 1.42. The molecule has 2 aliphatic rings. The number of nitrogens with zero attached hydrogens (tertiary/aromatic N) is 3. The van der Waals surface area contributed by atoms with Crippen molar-refractivity contribution in [2.45, 2.75) is 32.3 Å². The fourth-order valence-corrected chi connectivity index (χ4v) is 3.52. The zero-order valence-corrected chi connectivity index (χ0v) is 17.8. The molecule has 0 atom stereocenters.